The Hall–Kier alpha value is -3.02. The first-order chi connectivity index (χ1) is 14.2. The van der Waals surface area contributed by atoms with Gasteiger partial charge in [0.25, 0.3) is 0 Å². The van der Waals surface area contributed by atoms with Gasteiger partial charge in [0.15, 0.2) is 11.5 Å². The molecular formula is C23H27N3O3. The lowest BCUT2D eigenvalue weighted by Gasteiger charge is -2.23. The number of benzene rings is 2. The maximum atomic E-state index is 12.7. The number of hydrogen-bond donors (Lipinski definition) is 1. The number of methoxy groups -OCH3 is 1. The van der Waals surface area contributed by atoms with E-state index in [4.69, 9.17) is 14.5 Å². The Morgan fingerprint density at radius 2 is 1.79 bits per heavy atom. The van der Waals surface area contributed by atoms with E-state index in [9.17, 15) is 4.79 Å². The number of fused-ring (bicyclic) bond motifs is 1. The molecule has 1 N–H and O–H groups in total. The van der Waals surface area contributed by atoms with Gasteiger partial charge in [-0.2, -0.15) is 0 Å². The van der Waals surface area contributed by atoms with Gasteiger partial charge in [-0.3, -0.25) is 4.79 Å². The normalized spacial score (nSPS) is 14.7. The average Bonchev–Trinajstić information content (AvgIpc) is 3.10. The highest BCUT2D eigenvalue weighted by molar-refractivity contribution is 5.81. The smallest absolute Gasteiger partial charge is 0.240 e. The van der Waals surface area contributed by atoms with Crippen molar-refractivity contribution in [3.8, 4) is 11.5 Å². The summed E-state index contributed by atoms with van der Waals surface area (Å²) in [5.74, 6) is 2.07. The van der Waals surface area contributed by atoms with Gasteiger partial charge in [0.1, 0.15) is 19.0 Å². The summed E-state index contributed by atoms with van der Waals surface area (Å²) in [6.45, 7) is 0.493. The molecular weight excluding hydrogens is 366 g/mol. The highest BCUT2D eigenvalue weighted by atomic mass is 16.5. The molecule has 0 saturated heterocycles. The molecule has 1 aromatic heterocycles. The number of hydrogen-bond acceptors (Lipinski definition) is 4. The van der Waals surface area contributed by atoms with Crippen LogP contribution in [-0.2, 0) is 17.9 Å². The summed E-state index contributed by atoms with van der Waals surface area (Å²) in [5.41, 5.74) is 1.79. The second-order valence-electron chi connectivity index (χ2n) is 7.44. The van der Waals surface area contributed by atoms with E-state index in [1.807, 2.05) is 53.1 Å². The number of para-hydroxylation sites is 4. The predicted molar refractivity (Wildman–Crippen MR) is 112 cm³/mol. The SMILES string of the molecule is COc1ccccc1OCc1nc2ccccc2n1CC(=O)NC1CCCCC1. The lowest BCUT2D eigenvalue weighted by atomic mass is 9.95. The first-order valence-electron chi connectivity index (χ1n) is 10.2. The molecule has 0 radical (unpaired) electrons. The zero-order chi connectivity index (χ0) is 20.1. The van der Waals surface area contributed by atoms with Crippen molar-refractivity contribution in [1.29, 1.82) is 0 Å². The summed E-state index contributed by atoms with van der Waals surface area (Å²) in [5, 5.41) is 3.19. The number of carbonyl (C=O) groups is 1. The van der Waals surface area contributed by atoms with E-state index in [0.29, 0.717) is 17.5 Å². The number of amides is 1. The third kappa shape index (κ3) is 4.53. The van der Waals surface area contributed by atoms with Gasteiger partial charge in [0, 0.05) is 6.04 Å². The number of carbonyl (C=O) groups excluding carboxylic acids is 1. The molecule has 6 heteroatoms. The van der Waals surface area contributed by atoms with Crippen molar-refractivity contribution in [3.63, 3.8) is 0 Å². The topological polar surface area (TPSA) is 65.4 Å². The predicted octanol–water partition coefficient (Wildman–Crippen LogP) is 4.07. The largest absolute Gasteiger partial charge is 0.493 e. The third-order valence-corrected chi connectivity index (χ3v) is 5.43. The summed E-state index contributed by atoms with van der Waals surface area (Å²) in [7, 11) is 1.62. The highest BCUT2D eigenvalue weighted by Gasteiger charge is 2.19. The minimum absolute atomic E-state index is 0.0265. The average molecular weight is 393 g/mol. The van der Waals surface area contributed by atoms with Crippen molar-refractivity contribution < 1.29 is 14.3 Å². The van der Waals surface area contributed by atoms with E-state index in [1.165, 1.54) is 19.3 Å². The standard InChI is InChI=1S/C23H27N3O3/c1-28-20-13-7-8-14-21(20)29-16-22-25-18-11-5-6-12-19(18)26(22)15-23(27)24-17-9-3-2-4-10-17/h5-8,11-14,17H,2-4,9-10,15-16H2,1H3,(H,24,27). The van der Waals surface area contributed by atoms with Crippen LogP contribution in [0.2, 0.25) is 0 Å². The Labute approximate surface area is 170 Å². The fraction of sp³-hybridized carbons (Fsp3) is 0.391. The van der Waals surface area contributed by atoms with Crippen molar-refractivity contribution in [2.45, 2.75) is 51.3 Å². The number of rotatable bonds is 7. The molecule has 1 fully saturated rings. The molecule has 152 valence electrons. The van der Waals surface area contributed by atoms with Crippen LogP contribution in [0.4, 0.5) is 0 Å². The Kier molecular flexibility index (Phi) is 5.98. The molecule has 3 aromatic rings. The second kappa shape index (κ2) is 8.99. The lowest BCUT2D eigenvalue weighted by Crippen LogP contribution is -2.38. The van der Waals surface area contributed by atoms with Crippen molar-refractivity contribution in [2.24, 2.45) is 0 Å². The summed E-state index contributed by atoms with van der Waals surface area (Å²) in [6, 6.07) is 15.7. The maximum absolute atomic E-state index is 12.7. The van der Waals surface area contributed by atoms with E-state index in [0.717, 1.165) is 29.7 Å². The van der Waals surface area contributed by atoms with Gasteiger partial charge in [-0.25, -0.2) is 4.98 Å². The quantitative estimate of drug-likeness (QED) is 0.657. The molecule has 1 aliphatic carbocycles. The number of nitrogens with one attached hydrogen (secondary N) is 1. The van der Waals surface area contributed by atoms with E-state index in [1.54, 1.807) is 7.11 Å². The van der Waals surface area contributed by atoms with Gasteiger partial charge in [0.05, 0.1) is 18.1 Å². The van der Waals surface area contributed by atoms with Gasteiger partial charge in [-0.05, 0) is 37.1 Å². The van der Waals surface area contributed by atoms with Gasteiger partial charge in [0.2, 0.25) is 5.91 Å². The van der Waals surface area contributed by atoms with Gasteiger partial charge >= 0.3 is 0 Å². The Morgan fingerprint density at radius 3 is 2.59 bits per heavy atom. The van der Waals surface area contributed by atoms with Crippen LogP contribution in [0.1, 0.15) is 37.9 Å². The van der Waals surface area contributed by atoms with Gasteiger partial charge < -0.3 is 19.4 Å². The van der Waals surface area contributed by atoms with Crippen LogP contribution >= 0.6 is 0 Å². The molecule has 1 heterocycles. The fourth-order valence-corrected chi connectivity index (χ4v) is 3.96. The number of nitrogens with zero attached hydrogens (tertiary/aromatic N) is 2. The monoisotopic (exact) mass is 393 g/mol. The molecule has 1 amide bonds. The first kappa shape index (κ1) is 19.3. The van der Waals surface area contributed by atoms with Crippen molar-refractivity contribution in [2.75, 3.05) is 7.11 Å². The molecule has 0 spiro atoms. The maximum Gasteiger partial charge on any atom is 0.240 e. The molecule has 1 saturated carbocycles. The van der Waals surface area contributed by atoms with Crippen LogP contribution in [0.3, 0.4) is 0 Å². The molecule has 0 bridgehead atoms. The van der Waals surface area contributed by atoms with Crippen LogP contribution in [-0.4, -0.2) is 28.6 Å². The van der Waals surface area contributed by atoms with Crippen molar-refractivity contribution >= 4 is 16.9 Å². The van der Waals surface area contributed by atoms with E-state index in [-0.39, 0.29) is 19.1 Å². The van der Waals surface area contributed by atoms with Crippen molar-refractivity contribution in [3.05, 3.63) is 54.4 Å². The minimum Gasteiger partial charge on any atom is -0.493 e. The molecule has 6 nitrogen and oxygen atoms in total. The molecule has 0 atom stereocenters. The molecule has 2 aromatic carbocycles. The minimum atomic E-state index is 0.0265. The van der Waals surface area contributed by atoms with Crippen LogP contribution in [0.25, 0.3) is 11.0 Å². The van der Waals surface area contributed by atoms with Crippen LogP contribution < -0.4 is 14.8 Å². The van der Waals surface area contributed by atoms with E-state index >= 15 is 0 Å². The molecule has 0 unspecified atom stereocenters. The lowest BCUT2D eigenvalue weighted by molar-refractivity contribution is -0.122. The zero-order valence-corrected chi connectivity index (χ0v) is 16.8. The van der Waals surface area contributed by atoms with Crippen LogP contribution in [0.5, 0.6) is 11.5 Å². The van der Waals surface area contributed by atoms with Gasteiger partial charge in [-0.15, -0.1) is 0 Å². The summed E-state index contributed by atoms with van der Waals surface area (Å²) in [6.07, 6.45) is 5.79. The fourth-order valence-electron chi connectivity index (χ4n) is 3.96. The summed E-state index contributed by atoms with van der Waals surface area (Å²) in [4.78, 5) is 17.4. The number of ether oxygens (including phenoxy) is 2. The molecule has 0 aliphatic heterocycles. The van der Waals surface area contributed by atoms with E-state index < -0.39 is 0 Å². The van der Waals surface area contributed by atoms with E-state index in [2.05, 4.69) is 5.32 Å². The Balaban J connectivity index is 1.53. The molecule has 4 rings (SSSR count). The summed E-state index contributed by atoms with van der Waals surface area (Å²) < 4.78 is 13.3. The molecule has 29 heavy (non-hydrogen) atoms. The molecule has 1 aliphatic rings. The van der Waals surface area contributed by atoms with Gasteiger partial charge in [-0.1, -0.05) is 43.5 Å². The van der Waals surface area contributed by atoms with Crippen LogP contribution in [0.15, 0.2) is 48.5 Å². The Morgan fingerprint density at radius 1 is 1.07 bits per heavy atom. The Bertz CT molecular complexity index is 976. The second-order valence-corrected chi connectivity index (χ2v) is 7.44. The third-order valence-electron chi connectivity index (χ3n) is 5.43. The number of aromatic nitrogens is 2. The summed E-state index contributed by atoms with van der Waals surface area (Å²) >= 11 is 0. The number of imidazole rings is 1. The van der Waals surface area contributed by atoms with Crippen molar-refractivity contribution in [1.82, 2.24) is 14.9 Å². The highest BCUT2D eigenvalue weighted by Crippen LogP contribution is 2.27. The first-order valence-corrected chi connectivity index (χ1v) is 10.2. The van der Waals surface area contributed by atoms with Crippen LogP contribution in [0, 0.1) is 0 Å². The zero-order valence-electron chi connectivity index (χ0n) is 16.8.